The fraction of sp³-hybridized carbons (Fsp3) is 0.600. The summed E-state index contributed by atoms with van der Waals surface area (Å²) in [6, 6.07) is 8.80. The maximum absolute atomic E-state index is 6.43. The van der Waals surface area contributed by atoms with E-state index in [-0.39, 0.29) is 11.6 Å². The normalized spacial score (nSPS) is 13.9. The van der Waals surface area contributed by atoms with Crippen molar-refractivity contribution < 1.29 is 0 Å². The number of hydrogen-bond donors (Lipinski definition) is 1. The average Bonchev–Trinajstić information content (AvgIpc) is 2.33. The summed E-state index contributed by atoms with van der Waals surface area (Å²) in [5, 5.41) is 0. The zero-order valence-corrected chi connectivity index (χ0v) is 14.1. The van der Waals surface area contributed by atoms with Gasteiger partial charge in [-0.1, -0.05) is 26.0 Å². The van der Waals surface area contributed by atoms with E-state index in [0.717, 1.165) is 19.5 Å². The van der Waals surface area contributed by atoms with Gasteiger partial charge in [0.2, 0.25) is 0 Å². The molecule has 0 spiro atoms. The Bertz CT molecular complexity index is 355. The van der Waals surface area contributed by atoms with Crippen LogP contribution in [-0.4, -0.2) is 29.6 Å². The molecule has 2 N–H and O–H groups in total. The highest BCUT2D eigenvalue weighted by Gasteiger charge is 2.31. The van der Waals surface area contributed by atoms with Crippen molar-refractivity contribution in [3.63, 3.8) is 0 Å². The molecule has 3 heteroatoms. The highest BCUT2D eigenvalue weighted by atomic mass is 127. The van der Waals surface area contributed by atoms with Crippen molar-refractivity contribution in [2.24, 2.45) is 5.73 Å². The van der Waals surface area contributed by atoms with Crippen LogP contribution < -0.4 is 5.73 Å². The SMILES string of the molecule is CCN(CC)C(C)(C)C(N)Cc1ccc(I)cc1. The molecule has 0 saturated carbocycles. The fourth-order valence-corrected chi connectivity index (χ4v) is 2.76. The molecule has 0 aliphatic heterocycles. The average molecular weight is 360 g/mol. The Hall–Kier alpha value is -0.130. The Labute approximate surface area is 125 Å². The van der Waals surface area contributed by atoms with Crippen molar-refractivity contribution in [3.8, 4) is 0 Å². The van der Waals surface area contributed by atoms with Crippen LogP contribution in [0.5, 0.6) is 0 Å². The van der Waals surface area contributed by atoms with Crippen molar-refractivity contribution in [3.05, 3.63) is 33.4 Å². The molecule has 1 aromatic carbocycles. The third kappa shape index (κ3) is 3.93. The van der Waals surface area contributed by atoms with E-state index in [1.807, 2.05) is 0 Å². The molecule has 1 aromatic rings. The van der Waals surface area contributed by atoms with Gasteiger partial charge in [-0.15, -0.1) is 0 Å². The number of hydrogen-bond acceptors (Lipinski definition) is 2. The van der Waals surface area contributed by atoms with Crippen LogP contribution in [0.3, 0.4) is 0 Å². The second-order valence-electron chi connectivity index (χ2n) is 5.26. The predicted molar refractivity (Wildman–Crippen MR) is 87.8 cm³/mol. The quantitative estimate of drug-likeness (QED) is 0.789. The minimum absolute atomic E-state index is 0.0342. The smallest absolute Gasteiger partial charge is 0.0307 e. The molecule has 0 fully saturated rings. The number of nitrogens with two attached hydrogens (primary N) is 1. The lowest BCUT2D eigenvalue weighted by atomic mass is 9.88. The lowest BCUT2D eigenvalue weighted by molar-refractivity contribution is 0.106. The molecule has 0 heterocycles. The standard InChI is InChI=1S/C15H25IN2/c1-5-18(6-2)15(3,4)14(17)11-12-7-9-13(16)10-8-12/h7-10,14H,5-6,11,17H2,1-4H3. The topological polar surface area (TPSA) is 29.3 Å². The number of likely N-dealkylation sites (N-methyl/N-ethyl adjacent to an activating group) is 1. The Morgan fingerprint density at radius 1 is 1.17 bits per heavy atom. The number of nitrogens with zero attached hydrogens (tertiary/aromatic N) is 1. The Kier molecular flexibility index (Phi) is 6.08. The van der Waals surface area contributed by atoms with E-state index in [0.29, 0.717) is 0 Å². The molecule has 0 aliphatic rings. The molecule has 1 atom stereocenters. The maximum atomic E-state index is 6.43. The van der Waals surface area contributed by atoms with E-state index in [9.17, 15) is 0 Å². The molecule has 2 nitrogen and oxygen atoms in total. The van der Waals surface area contributed by atoms with E-state index in [2.05, 4.69) is 79.5 Å². The van der Waals surface area contributed by atoms with Gasteiger partial charge in [-0.25, -0.2) is 0 Å². The van der Waals surface area contributed by atoms with E-state index in [1.165, 1.54) is 9.13 Å². The van der Waals surface area contributed by atoms with E-state index < -0.39 is 0 Å². The van der Waals surface area contributed by atoms with Gasteiger partial charge in [0.25, 0.3) is 0 Å². The minimum Gasteiger partial charge on any atom is -0.326 e. The summed E-state index contributed by atoms with van der Waals surface area (Å²) < 4.78 is 1.27. The highest BCUT2D eigenvalue weighted by Crippen LogP contribution is 2.20. The van der Waals surface area contributed by atoms with Crippen LogP contribution in [-0.2, 0) is 6.42 Å². The summed E-state index contributed by atoms with van der Waals surface area (Å²) in [5.41, 5.74) is 7.79. The second kappa shape index (κ2) is 6.87. The van der Waals surface area contributed by atoms with Crippen molar-refractivity contribution >= 4 is 22.6 Å². The van der Waals surface area contributed by atoms with Crippen LogP contribution in [0, 0.1) is 3.57 Å². The van der Waals surface area contributed by atoms with Crippen molar-refractivity contribution in [1.29, 1.82) is 0 Å². The molecule has 0 aromatic heterocycles. The number of benzene rings is 1. The summed E-state index contributed by atoms with van der Waals surface area (Å²) in [4.78, 5) is 2.43. The summed E-state index contributed by atoms with van der Waals surface area (Å²) in [5.74, 6) is 0. The Balaban J connectivity index is 2.74. The van der Waals surface area contributed by atoms with Gasteiger partial charge in [-0.05, 0) is 73.6 Å². The number of halogens is 1. The molecule has 18 heavy (non-hydrogen) atoms. The van der Waals surface area contributed by atoms with Crippen LogP contribution in [0.25, 0.3) is 0 Å². The van der Waals surface area contributed by atoms with E-state index in [4.69, 9.17) is 5.73 Å². The van der Waals surface area contributed by atoms with Crippen LogP contribution in [0.2, 0.25) is 0 Å². The van der Waals surface area contributed by atoms with Gasteiger partial charge in [0.15, 0.2) is 0 Å². The van der Waals surface area contributed by atoms with Gasteiger partial charge >= 0.3 is 0 Å². The summed E-state index contributed by atoms with van der Waals surface area (Å²) in [7, 11) is 0. The third-order valence-electron chi connectivity index (χ3n) is 3.85. The minimum atomic E-state index is 0.0342. The van der Waals surface area contributed by atoms with Crippen LogP contribution in [0.1, 0.15) is 33.3 Å². The second-order valence-corrected chi connectivity index (χ2v) is 6.51. The monoisotopic (exact) mass is 360 g/mol. The zero-order valence-electron chi connectivity index (χ0n) is 11.9. The molecule has 0 amide bonds. The van der Waals surface area contributed by atoms with Crippen molar-refractivity contribution in [2.75, 3.05) is 13.1 Å². The molecule has 1 unspecified atom stereocenters. The van der Waals surface area contributed by atoms with Gasteiger partial charge in [0.1, 0.15) is 0 Å². The lowest BCUT2D eigenvalue weighted by Crippen LogP contribution is -2.56. The number of rotatable bonds is 6. The van der Waals surface area contributed by atoms with Gasteiger partial charge in [-0.3, -0.25) is 4.90 Å². The Morgan fingerprint density at radius 2 is 1.67 bits per heavy atom. The molecule has 0 aliphatic carbocycles. The Morgan fingerprint density at radius 3 is 2.11 bits per heavy atom. The molecule has 0 radical (unpaired) electrons. The van der Waals surface area contributed by atoms with Crippen LogP contribution >= 0.6 is 22.6 Å². The molecule has 1 rings (SSSR count). The van der Waals surface area contributed by atoms with Crippen LogP contribution in [0.15, 0.2) is 24.3 Å². The molecule has 102 valence electrons. The lowest BCUT2D eigenvalue weighted by Gasteiger charge is -2.42. The molecular formula is C15H25IN2. The van der Waals surface area contributed by atoms with E-state index >= 15 is 0 Å². The molecule has 0 bridgehead atoms. The van der Waals surface area contributed by atoms with Crippen LogP contribution in [0.4, 0.5) is 0 Å². The third-order valence-corrected chi connectivity index (χ3v) is 4.57. The first-order valence-electron chi connectivity index (χ1n) is 6.66. The van der Waals surface area contributed by atoms with Crippen molar-refractivity contribution in [1.82, 2.24) is 4.90 Å². The molecule has 0 saturated heterocycles. The maximum Gasteiger partial charge on any atom is 0.0307 e. The summed E-state index contributed by atoms with van der Waals surface area (Å²) in [6.07, 6.45) is 0.931. The first kappa shape index (κ1) is 15.9. The first-order valence-corrected chi connectivity index (χ1v) is 7.74. The van der Waals surface area contributed by atoms with Crippen molar-refractivity contribution in [2.45, 2.75) is 45.7 Å². The molecular weight excluding hydrogens is 335 g/mol. The zero-order chi connectivity index (χ0) is 13.8. The predicted octanol–water partition coefficient (Wildman–Crippen LogP) is 3.28. The van der Waals surface area contributed by atoms with Gasteiger partial charge in [0, 0.05) is 15.2 Å². The van der Waals surface area contributed by atoms with Gasteiger partial charge in [0.05, 0.1) is 0 Å². The fourth-order valence-electron chi connectivity index (χ4n) is 2.40. The summed E-state index contributed by atoms with van der Waals surface area (Å²) in [6.45, 7) is 11.0. The van der Waals surface area contributed by atoms with Gasteiger partial charge in [-0.2, -0.15) is 0 Å². The first-order chi connectivity index (χ1) is 8.41. The summed E-state index contributed by atoms with van der Waals surface area (Å²) >= 11 is 2.33. The van der Waals surface area contributed by atoms with Gasteiger partial charge < -0.3 is 5.73 Å². The highest BCUT2D eigenvalue weighted by molar-refractivity contribution is 14.1. The largest absolute Gasteiger partial charge is 0.326 e. The van der Waals surface area contributed by atoms with E-state index in [1.54, 1.807) is 0 Å².